The van der Waals surface area contributed by atoms with Crippen LogP contribution >= 0.6 is 34.7 Å². The molecule has 0 atom stereocenters. The third kappa shape index (κ3) is 4.86. The summed E-state index contributed by atoms with van der Waals surface area (Å²) in [5.41, 5.74) is 2.31. The van der Waals surface area contributed by atoms with Crippen LogP contribution in [0.3, 0.4) is 0 Å². The monoisotopic (exact) mass is 456 g/mol. The Hall–Kier alpha value is -2.75. The summed E-state index contributed by atoms with van der Waals surface area (Å²) < 4.78 is 1.95. The first kappa shape index (κ1) is 20.5. The summed E-state index contributed by atoms with van der Waals surface area (Å²) in [4.78, 5) is 20.8. The van der Waals surface area contributed by atoms with Crippen molar-refractivity contribution in [1.29, 1.82) is 0 Å². The van der Waals surface area contributed by atoms with Crippen LogP contribution in [0, 0.1) is 6.92 Å². The van der Waals surface area contributed by atoms with Crippen LogP contribution in [0.5, 0.6) is 0 Å². The van der Waals surface area contributed by atoms with Crippen molar-refractivity contribution in [3.8, 4) is 5.69 Å². The number of benzene rings is 1. The first-order valence-corrected chi connectivity index (χ1v) is 11.3. The second-order valence-electron chi connectivity index (χ2n) is 6.30. The molecule has 0 spiro atoms. The molecule has 0 aliphatic carbocycles. The number of hydrogen-bond acceptors (Lipinski definition) is 7. The molecule has 0 fully saturated rings. The number of amides is 1. The molecule has 0 aliphatic heterocycles. The van der Waals surface area contributed by atoms with E-state index in [2.05, 4.69) is 25.5 Å². The summed E-state index contributed by atoms with van der Waals surface area (Å²) in [6, 6.07) is 11.3. The number of carbonyl (C=O) groups excluding carboxylic acids is 1. The molecule has 0 radical (unpaired) electrons. The van der Waals surface area contributed by atoms with Crippen LogP contribution in [0.4, 0.5) is 0 Å². The van der Waals surface area contributed by atoms with Gasteiger partial charge in [-0.05, 0) is 42.8 Å². The number of aryl methyl sites for hydroxylation is 1. The quantitative estimate of drug-likeness (QED) is 0.417. The van der Waals surface area contributed by atoms with Gasteiger partial charge in [0.2, 0.25) is 0 Å². The van der Waals surface area contributed by atoms with Crippen LogP contribution < -0.4 is 5.32 Å². The lowest BCUT2D eigenvalue weighted by molar-refractivity contribution is 0.0946. The van der Waals surface area contributed by atoms with Crippen molar-refractivity contribution in [3.63, 3.8) is 0 Å². The number of halogens is 1. The molecule has 30 heavy (non-hydrogen) atoms. The average molecular weight is 457 g/mol. The number of pyridine rings is 1. The first-order valence-electron chi connectivity index (χ1n) is 9.02. The highest BCUT2D eigenvalue weighted by atomic mass is 35.5. The van der Waals surface area contributed by atoms with Crippen molar-refractivity contribution in [2.45, 2.75) is 24.4 Å². The zero-order valence-electron chi connectivity index (χ0n) is 15.9. The molecule has 4 aromatic rings. The lowest BCUT2D eigenvalue weighted by Crippen LogP contribution is -2.23. The Kier molecular flexibility index (Phi) is 6.41. The van der Waals surface area contributed by atoms with Gasteiger partial charge < -0.3 is 5.32 Å². The third-order valence-electron chi connectivity index (χ3n) is 4.17. The van der Waals surface area contributed by atoms with Crippen molar-refractivity contribution in [1.82, 2.24) is 30.0 Å². The van der Waals surface area contributed by atoms with E-state index in [1.807, 2.05) is 47.9 Å². The summed E-state index contributed by atoms with van der Waals surface area (Å²) in [6.45, 7) is 2.33. The Bertz CT molecular complexity index is 1160. The number of rotatable bonds is 7. The van der Waals surface area contributed by atoms with Crippen molar-refractivity contribution >= 4 is 40.6 Å². The van der Waals surface area contributed by atoms with E-state index in [9.17, 15) is 4.79 Å². The molecule has 0 aliphatic rings. The van der Waals surface area contributed by atoms with Gasteiger partial charge in [-0.2, -0.15) is 0 Å². The zero-order chi connectivity index (χ0) is 20.9. The first-order chi connectivity index (χ1) is 14.6. The molecule has 0 saturated carbocycles. The Balaban J connectivity index is 1.40. The van der Waals surface area contributed by atoms with Gasteiger partial charge >= 0.3 is 0 Å². The van der Waals surface area contributed by atoms with E-state index in [1.54, 1.807) is 17.8 Å². The summed E-state index contributed by atoms with van der Waals surface area (Å²) in [5, 5.41) is 15.3. The van der Waals surface area contributed by atoms with E-state index in [4.69, 9.17) is 11.6 Å². The van der Waals surface area contributed by atoms with Gasteiger partial charge in [-0.15, -0.1) is 21.5 Å². The largest absolute Gasteiger partial charge is 0.347 e. The normalized spacial score (nSPS) is 10.9. The SMILES string of the molecule is Cc1nnc(SCc2nc(C(=O)NCc3ccncc3)cs2)n1-c1cccc(Cl)c1. The molecule has 152 valence electrons. The van der Waals surface area contributed by atoms with E-state index in [0.29, 0.717) is 23.0 Å². The van der Waals surface area contributed by atoms with Gasteiger partial charge in [-0.25, -0.2) is 4.98 Å². The average Bonchev–Trinajstić information content (AvgIpc) is 3.38. The molecule has 7 nitrogen and oxygen atoms in total. The third-order valence-corrected chi connectivity index (χ3v) is 6.38. The topological polar surface area (TPSA) is 85.6 Å². The minimum absolute atomic E-state index is 0.197. The van der Waals surface area contributed by atoms with Gasteiger partial charge in [0.1, 0.15) is 16.5 Å². The minimum Gasteiger partial charge on any atom is -0.347 e. The summed E-state index contributed by atoms with van der Waals surface area (Å²) >= 11 is 9.09. The molecule has 0 unspecified atom stereocenters. The van der Waals surface area contributed by atoms with Crippen LogP contribution in [0.15, 0.2) is 59.3 Å². The molecule has 0 saturated heterocycles. The Morgan fingerprint density at radius 1 is 1.23 bits per heavy atom. The highest BCUT2D eigenvalue weighted by molar-refractivity contribution is 7.98. The van der Waals surface area contributed by atoms with Gasteiger partial charge in [0.15, 0.2) is 5.16 Å². The van der Waals surface area contributed by atoms with E-state index in [1.165, 1.54) is 23.1 Å². The number of thiazole rings is 1. The van der Waals surface area contributed by atoms with E-state index in [0.717, 1.165) is 27.2 Å². The number of aromatic nitrogens is 5. The van der Waals surface area contributed by atoms with Crippen LogP contribution in [0.1, 0.15) is 26.9 Å². The molecular formula is C20H17ClN6OS2. The Morgan fingerprint density at radius 3 is 2.87 bits per heavy atom. The number of thioether (sulfide) groups is 1. The molecule has 3 aromatic heterocycles. The minimum atomic E-state index is -0.197. The lowest BCUT2D eigenvalue weighted by Gasteiger charge is -2.08. The number of nitrogens with one attached hydrogen (secondary N) is 1. The smallest absolute Gasteiger partial charge is 0.271 e. The van der Waals surface area contributed by atoms with Crippen LogP contribution in [0.2, 0.25) is 5.02 Å². The fourth-order valence-corrected chi connectivity index (χ4v) is 4.70. The predicted molar refractivity (Wildman–Crippen MR) is 118 cm³/mol. The Labute approximate surface area is 186 Å². The van der Waals surface area contributed by atoms with Crippen LogP contribution in [-0.4, -0.2) is 30.6 Å². The Morgan fingerprint density at radius 2 is 2.07 bits per heavy atom. The van der Waals surface area contributed by atoms with Gasteiger partial charge in [-0.1, -0.05) is 29.4 Å². The second-order valence-corrected chi connectivity index (χ2v) is 8.62. The van der Waals surface area contributed by atoms with Crippen molar-refractivity contribution in [3.05, 3.63) is 81.3 Å². The number of hydrogen-bond donors (Lipinski definition) is 1. The van der Waals surface area contributed by atoms with Gasteiger partial charge in [0, 0.05) is 29.3 Å². The maximum absolute atomic E-state index is 12.4. The van der Waals surface area contributed by atoms with Gasteiger partial charge in [-0.3, -0.25) is 14.3 Å². The fourth-order valence-electron chi connectivity index (χ4n) is 2.73. The number of nitrogens with zero attached hydrogens (tertiary/aromatic N) is 5. The van der Waals surface area contributed by atoms with Gasteiger partial charge in [0.25, 0.3) is 5.91 Å². The summed E-state index contributed by atoms with van der Waals surface area (Å²) in [6.07, 6.45) is 3.40. The molecule has 1 aromatic carbocycles. The van der Waals surface area contributed by atoms with Gasteiger partial charge in [0.05, 0.1) is 11.4 Å². The lowest BCUT2D eigenvalue weighted by atomic mass is 10.2. The van der Waals surface area contributed by atoms with E-state index >= 15 is 0 Å². The second kappa shape index (κ2) is 9.38. The predicted octanol–water partition coefficient (Wildman–Crippen LogP) is 4.30. The standard InChI is InChI=1S/C20H17ClN6OS2/c1-13-25-26-20(27(13)16-4-2-3-15(21)9-16)30-12-18-24-17(11-29-18)19(28)23-10-14-5-7-22-8-6-14/h2-9,11H,10,12H2,1H3,(H,23,28). The maximum Gasteiger partial charge on any atom is 0.271 e. The molecule has 10 heteroatoms. The number of carbonyl (C=O) groups is 1. The summed E-state index contributed by atoms with van der Waals surface area (Å²) in [7, 11) is 0. The van der Waals surface area contributed by atoms with Crippen molar-refractivity contribution in [2.24, 2.45) is 0 Å². The maximum atomic E-state index is 12.4. The highest BCUT2D eigenvalue weighted by Gasteiger charge is 2.15. The summed E-state index contributed by atoms with van der Waals surface area (Å²) in [5.74, 6) is 1.16. The molecule has 3 heterocycles. The van der Waals surface area contributed by atoms with Crippen LogP contribution in [-0.2, 0) is 12.3 Å². The fraction of sp³-hybridized carbons (Fsp3) is 0.150. The van der Waals surface area contributed by atoms with Crippen molar-refractivity contribution < 1.29 is 4.79 Å². The molecule has 1 amide bonds. The molecule has 1 N–H and O–H groups in total. The van der Waals surface area contributed by atoms with E-state index in [-0.39, 0.29) is 5.91 Å². The highest BCUT2D eigenvalue weighted by Crippen LogP contribution is 2.27. The van der Waals surface area contributed by atoms with Crippen molar-refractivity contribution in [2.75, 3.05) is 0 Å². The van der Waals surface area contributed by atoms with Crippen LogP contribution in [0.25, 0.3) is 5.69 Å². The van der Waals surface area contributed by atoms with E-state index < -0.39 is 0 Å². The zero-order valence-corrected chi connectivity index (χ0v) is 18.3. The molecule has 4 rings (SSSR count). The molecular weight excluding hydrogens is 440 g/mol. The molecule has 0 bridgehead atoms.